The van der Waals surface area contributed by atoms with Gasteiger partial charge in [0.1, 0.15) is 12.3 Å². The fraction of sp³-hybridized carbons (Fsp3) is 0.429. The van der Waals surface area contributed by atoms with Crippen molar-refractivity contribution in [3.63, 3.8) is 0 Å². The molecule has 0 heterocycles. The number of nitrogens with zero attached hydrogens (tertiary/aromatic N) is 1. The zero-order valence-electron chi connectivity index (χ0n) is 11.4. The van der Waals surface area contributed by atoms with Crippen LogP contribution >= 0.6 is 15.9 Å². The SMILES string of the molecule is CCCNCc1cccc(Br)c1OCC(=O)NCC#N. The molecule has 108 valence electrons. The molecule has 6 heteroatoms. The lowest BCUT2D eigenvalue weighted by Gasteiger charge is -2.13. The number of amides is 1. The van der Waals surface area contributed by atoms with Gasteiger partial charge in [0.15, 0.2) is 6.61 Å². The number of para-hydroxylation sites is 1. The standard InChI is InChI=1S/C14H18BrN3O2/c1-2-7-17-9-11-4-3-5-12(15)14(11)20-10-13(19)18-8-6-16/h3-5,17H,2,7-10H2,1H3,(H,18,19). The lowest BCUT2D eigenvalue weighted by molar-refractivity contribution is -0.122. The molecule has 0 unspecified atom stereocenters. The number of hydrogen-bond donors (Lipinski definition) is 2. The quantitative estimate of drug-likeness (QED) is 0.561. The number of halogens is 1. The smallest absolute Gasteiger partial charge is 0.258 e. The minimum atomic E-state index is -0.310. The maximum atomic E-state index is 11.4. The van der Waals surface area contributed by atoms with Crippen molar-refractivity contribution >= 4 is 21.8 Å². The molecule has 0 aromatic heterocycles. The van der Waals surface area contributed by atoms with Gasteiger partial charge in [0.05, 0.1) is 10.5 Å². The zero-order chi connectivity index (χ0) is 14.8. The van der Waals surface area contributed by atoms with Gasteiger partial charge in [0.2, 0.25) is 0 Å². The number of carbonyl (C=O) groups is 1. The second kappa shape index (κ2) is 9.34. The maximum Gasteiger partial charge on any atom is 0.258 e. The maximum absolute atomic E-state index is 11.4. The molecule has 0 fully saturated rings. The number of nitriles is 1. The van der Waals surface area contributed by atoms with Gasteiger partial charge in [-0.25, -0.2) is 0 Å². The van der Waals surface area contributed by atoms with Gasteiger partial charge < -0.3 is 15.4 Å². The average molecular weight is 340 g/mol. The van der Waals surface area contributed by atoms with Crippen molar-refractivity contribution in [2.24, 2.45) is 0 Å². The van der Waals surface area contributed by atoms with E-state index in [1.165, 1.54) is 0 Å². The summed E-state index contributed by atoms with van der Waals surface area (Å²) in [5.74, 6) is 0.345. The summed E-state index contributed by atoms with van der Waals surface area (Å²) in [6.45, 7) is 3.59. The largest absolute Gasteiger partial charge is 0.482 e. The van der Waals surface area contributed by atoms with Crippen LogP contribution in [-0.2, 0) is 11.3 Å². The van der Waals surface area contributed by atoms with Crippen molar-refractivity contribution in [3.05, 3.63) is 28.2 Å². The van der Waals surface area contributed by atoms with Crippen LogP contribution in [0.5, 0.6) is 5.75 Å². The second-order valence-electron chi connectivity index (χ2n) is 4.13. The van der Waals surface area contributed by atoms with Crippen molar-refractivity contribution in [2.45, 2.75) is 19.9 Å². The van der Waals surface area contributed by atoms with Gasteiger partial charge in [0.25, 0.3) is 5.91 Å². The Morgan fingerprint density at radius 1 is 1.50 bits per heavy atom. The molecule has 1 aromatic rings. The molecule has 20 heavy (non-hydrogen) atoms. The van der Waals surface area contributed by atoms with Crippen LogP contribution in [0.3, 0.4) is 0 Å². The molecule has 1 aromatic carbocycles. The fourth-order valence-electron chi connectivity index (χ4n) is 1.58. The molecule has 1 rings (SSSR count). The number of nitrogens with one attached hydrogen (secondary N) is 2. The van der Waals surface area contributed by atoms with Gasteiger partial charge in [-0.15, -0.1) is 0 Å². The molecular formula is C14H18BrN3O2. The van der Waals surface area contributed by atoms with E-state index in [1.807, 2.05) is 24.3 Å². The lowest BCUT2D eigenvalue weighted by atomic mass is 10.2. The van der Waals surface area contributed by atoms with E-state index in [0.29, 0.717) is 12.3 Å². The van der Waals surface area contributed by atoms with Gasteiger partial charge in [-0.05, 0) is 35.0 Å². The predicted octanol–water partition coefficient (Wildman–Crippen LogP) is 1.97. The third-order valence-electron chi connectivity index (χ3n) is 2.50. The van der Waals surface area contributed by atoms with E-state index < -0.39 is 0 Å². The van der Waals surface area contributed by atoms with Crippen LogP contribution in [0.15, 0.2) is 22.7 Å². The van der Waals surface area contributed by atoms with E-state index in [2.05, 4.69) is 33.5 Å². The van der Waals surface area contributed by atoms with E-state index in [1.54, 1.807) is 0 Å². The third kappa shape index (κ3) is 5.59. The summed E-state index contributed by atoms with van der Waals surface area (Å²) in [5.41, 5.74) is 0.987. The number of rotatable bonds is 8. The van der Waals surface area contributed by atoms with E-state index in [-0.39, 0.29) is 19.1 Å². The van der Waals surface area contributed by atoms with E-state index in [0.717, 1.165) is 23.0 Å². The Bertz CT molecular complexity index is 486. The molecule has 0 spiro atoms. The number of hydrogen-bond acceptors (Lipinski definition) is 4. The Morgan fingerprint density at radius 3 is 3.00 bits per heavy atom. The molecule has 0 aliphatic rings. The highest BCUT2D eigenvalue weighted by Gasteiger charge is 2.10. The summed E-state index contributed by atoms with van der Waals surface area (Å²) < 4.78 is 6.36. The average Bonchev–Trinajstić information content (AvgIpc) is 2.44. The third-order valence-corrected chi connectivity index (χ3v) is 3.13. The molecule has 2 N–H and O–H groups in total. The van der Waals surface area contributed by atoms with Crippen molar-refractivity contribution in [1.82, 2.24) is 10.6 Å². The summed E-state index contributed by atoms with van der Waals surface area (Å²) in [4.78, 5) is 11.4. The first-order valence-electron chi connectivity index (χ1n) is 6.43. The van der Waals surface area contributed by atoms with Gasteiger partial charge >= 0.3 is 0 Å². The first-order chi connectivity index (χ1) is 9.69. The molecule has 1 amide bonds. The molecule has 0 saturated heterocycles. The molecule has 5 nitrogen and oxygen atoms in total. The van der Waals surface area contributed by atoms with Gasteiger partial charge in [-0.1, -0.05) is 19.1 Å². The highest BCUT2D eigenvalue weighted by Crippen LogP contribution is 2.29. The Labute approximate surface area is 127 Å². The van der Waals surface area contributed by atoms with Crippen LogP contribution in [-0.4, -0.2) is 25.6 Å². The van der Waals surface area contributed by atoms with E-state index in [4.69, 9.17) is 10.00 Å². The highest BCUT2D eigenvalue weighted by molar-refractivity contribution is 9.10. The summed E-state index contributed by atoms with van der Waals surface area (Å²) in [6.07, 6.45) is 1.06. The summed E-state index contributed by atoms with van der Waals surface area (Å²) >= 11 is 3.42. The van der Waals surface area contributed by atoms with E-state index >= 15 is 0 Å². The summed E-state index contributed by atoms with van der Waals surface area (Å²) in [5, 5.41) is 14.1. The van der Waals surface area contributed by atoms with Crippen molar-refractivity contribution < 1.29 is 9.53 Å². The molecule has 0 aliphatic carbocycles. The van der Waals surface area contributed by atoms with Crippen LogP contribution in [0.1, 0.15) is 18.9 Å². The molecule has 0 aliphatic heterocycles. The van der Waals surface area contributed by atoms with Gasteiger partial charge in [-0.2, -0.15) is 5.26 Å². The Kier molecular flexibility index (Phi) is 7.70. The summed E-state index contributed by atoms with van der Waals surface area (Å²) in [7, 11) is 0. The zero-order valence-corrected chi connectivity index (χ0v) is 13.0. The topological polar surface area (TPSA) is 74.2 Å². The normalized spacial score (nSPS) is 9.85. The first kappa shape index (κ1) is 16.5. The van der Waals surface area contributed by atoms with Crippen LogP contribution in [0.4, 0.5) is 0 Å². The Balaban J connectivity index is 2.63. The monoisotopic (exact) mass is 339 g/mol. The van der Waals surface area contributed by atoms with Crippen molar-refractivity contribution in [3.8, 4) is 11.8 Å². The minimum Gasteiger partial charge on any atom is -0.482 e. The van der Waals surface area contributed by atoms with Gasteiger partial charge in [0, 0.05) is 12.1 Å². The highest BCUT2D eigenvalue weighted by atomic mass is 79.9. The Morgan fingerprint density at radius 2 is 2.30 bits per heavy atom. The van der Waals surface area contributed by atoms with E-state index in [9.17, 15) is 4.79 Å². The summed E-state index contributed by atoms with van der Waals surface area (Å²) in [6, 6.07) is 7.59. The second-order valence-corrected chi connectivity index (χ2v) is 4.98. The van der Waals surface area contributed by atoms with Crippen LogP contribution in [0.2, 0.25) is 0 Å². The molecule has 0 bridgehead atoms. The number of carbonyl (C=O) groups excluding carboxylic acids is 1. The van der Waals surface area contributed by atoms with Crippen LogP contribution in [0.25, 0.3) is 0 Å². The number of benzene rings is 1. The number of ether oxygens (including phenoxy) is 1. The Hall–Kier alpha value is -1.58. The minimum absolute atomic E-state index is 0.0108. The fourth-order valence-corrected chi connectivity index (χ4v) is 2.10. The van der Waals surface area contributed by atoms with Crippen molar-refractivity contribution in [1.29, 1.82) is 5.26 Å². The molecule has 0 atom stereocenters. The van der Waals surface area contributed by atoms with Crippen LogP contribution in [0, 0.1) is 11.3 Å². The first-order valence-corrected chi connectivity index (χ1v) is 7.22. The molecule has 0 saturated carbocycles. The molecular weight excluding hydrogens is 322 g/mol. The molecule has 0 radical (unpaired) electrons. The van der Waals surface area contributed by atoms with Gasteiger partial charge in [-0.3, -0.25) is 4.79 Å². The van der Waals surface area contributed by atoms with Crippen LogP contribution < -0.4 is 15.4 Å². The lowest BCUT2D eigenvalue weighted by Crippen LogP contribution is -2.29. The van der Waals surface area contributed by atoms with Crippen molar-refractivity contribution in [2.75, 3.05) is 19.7 Å². The predicted molar refractivity (Wildman–Crippen MR) is 80.3 cm³/mol.